The van der Waals surface area contributed by atoms with E-state index in [2.05, 4.69) is 111 Å². The second-order valence-corrected chi connectivity index (χ2v) is 15.2. The van der Waals surface area contributed by atoms with Gasteiger partial charge in [0.2, 0.25) is 0 Å². The lowest BCUT2D eigenvalue weighted by Gasteiger charge is -2.13. The lowest BCUT2D eigenvalue weighted by atomic mass is 9.89. The molecular weight excluding hydrogens is 609 g/mol. The summed E-state index contributed by atoms with van der Waals surface area (Å²) in [4.78, 5) is 24.5. The van der Waals surface area contributed by atoms with E-state index in [1.165, 1.54) is 63.5 Å². The second kappa shape index (κ2) is 25.7. The fourth-order valence-electron chi connectivity index (χ4n) is 5.94. The van der Waals surface area contributed by atoms with Gasteiger partial charge < -0.3 is 0 Å². The molecule has 0 bridgehead atoms. The Kier molecular flexibility index (Phi) is 23.0. The molecule has 0 radical (unpaired) electrons. The number of carbonyl (C=O) groups excluding carboxylic acids is 2. The van der Waals surface area contributed by atoms with Crippen LogP contribution in [0.4, 0.5) is 0 Å². The fourth-order valence-corrected chi connectivity index (χ4v) is 5.94. The van der Waals surface area contributed by atoms with E-state index in [0.29, 0.717) is 23.1 Å². The predicted octanol–water partition coefficient (Wildman–Crippen LogP) is 14.8. The largest absolute Gasteiger partial charge is 0.290 e. The topological polar surface area (TPSA) is 34.1 Å². The number of hydrogen-bond acceptors (Lipinski definition) is 2. The fraction of sp³-hybridized carbons (Fsp3) is 0.542. The zero-order valence-corrected chi connectivity index (χ0v) is 34.1. The van der Waals surface area contributed by atoms with Gasteiger partial charge in [0.25, 0.3) is 0 Å². The van der Waals surface area contributed by atoms with Crippen LogP contribution in [0.15, 0.2) is 116 Å². The van der Waals surface area contributed by atoms with Gasteiger partial charge in [-0.3, -0.25) is 9.59 Å². The molecule has 0 unspecified atom stereocenters. The van der Waals surface area contributed by atoms with Crippen molar-refractivity contribution in [1.29, 1.82) is 0 Å². The van der Waals surface area contributed by atoms with E-state index in [1.54, 1.807) is 13.8 Å². The number of allylic oxidation sites excluding steroid dienone is 20. The lowest BCUT2D eigenvalue weighted by molar-refractivity contribution is -0.115. The van der Waals surface area contributed by atoms with Crippen LogP contribution in [0.5, 0.6) is 0 Å². The molecule has 0 amide bonds. The Morgan fingerprint density at radius 3 is 1.00 bits per heavy atom. The van der Waals surface area contributed by atoms with Crippen LogP contribution in [0.25, 0.3) is 0 Å². The number of carbonyl (C=O) groups is 2. The molecule has 0 spiro atoms. The minimum atomic E-state index is -0.0351. The molecule has 1 aliphatic carbocycles. The van der Waals surface area contributed by atoms with Gasteiger partial charge in [-0.15, -0.1) is 0 Å². The van der Waals surface area contributed by atoms with Crippen LogP contribution in [-0.4, -0.2) is 11.6 Å². The molecule has 276 valence electrons. The molecule has 1 rings (SSSR count). The van der Waals surface area contributed by atoms with E-state index in [4.69, 9.17) is 0 Å². The molecule has 0 aromatic rings. The monoisotopic (exact) mass is 681 g/mol. The van der Waals surface area contributed by atoms with Crippen LogP contribution in [0, 0.1) is 0 Å². The molecule has 2 heteroatoms. The molecule has 0 aromatic carbocycles. The average Bonchev–Trinajstić information content (AvgIpc) is 3.04. The first kappa shape index (κ1) is 44.8. The van der Waals surface area contributed by atoms with Crippen molar-refractivity contribution in [3.8, 4) is 0 Å². The highest BCUT2D eigenvalue weighted by atomic mass is 16.1. The Bertz CT molecular complexity index is 1430. The Balaban J connectivity index is 2.28. The Morgan fingerprint density at radius 1 is 0.420 bits per heavy atom. The molecule has 0 heterocycles. The van der Waals surface area contributed by atoms with E-state index in [9.17, 15) is 9.59 Å². The van der Waals surface area contributed by atoms with E-state index in [1.807, 2.05) is 0 Å². The molecule has 0 saturated carbocycles. The predicted molar refractivity (Wildman–Crippen MR) is 221 cm³/mol. The van der Waals surface area contributed by atoms with Crippen LogP contribution in [0.2, 0.25) is 0 Å². The van der Waals surface area contributed by atoms with Gasteiger partial charge >= 0.3 is 0 Å². The molecule has 0 aliphatic heterocycles. The van der Waals surface area contributed by atoms with Gasteiger partial charge in [0.15, 0.2) is 11.6 Å². The number of rotatable bonds is 23. The van der Waals surface area contributed by atoms with Gasteiger partial charge in [-0.05, 0) is 179 Å². The molecule has 1 aliphatic rings. The van der Waals surface area contributed by atoms with Gasteiger partial charge in [-0.1, -0.05) is 93.2 Å². The Hall–Kier alpha value is -3.26. The van der Waals surface area contributed by atoms with Gasteiger partial charge in [0.05, 0.1) is 0 Å². The summed E-state index contributed by atoms with van der Waals surface area (Å²) in [6.45, 7) is 23.6. The summed E-state index contributed by atoms with van der Waals surface area (Å²) in [6, 6.07) is 0. The standard InChI is InChI=1S/C48H72O2/c1-36(2)19-12-20-37(3)21-13-22-38(4)23-14-24-39(5)25-15-26-40(6)27-16-28-41(7)29-17-30-42(8)31-18-32-43(9)33-34-46-35-47(49)44(10)45(11)48(46)50/h19,21,23,25,27,29,31,33,35H,12-18,20,22,24,26,28,30,32,34H2,1-11H3. The van der Waals surface area contributed by atoms with Crippen LogP contribution >= 0.6 is 0 Å². The van der Waals surface area contributed by atoms with E-state index in [-0.39, 0.29) is 11.6 Å². The highest BCUT2D eigenvalue weighted by Gasteiger charge is 2.22. The second-order valence-electron chi connectivity index (χ2n) is 15.2. The summed E-state index contributed by atoms with van der Waals surface area (Å²) in [5, 5.41) is 0. The zero-order valence-electron chi connectivity index (χ0n) is 34.1. The molecule has 50 heavy (non-hydrogen) atoms. The van der Waals surface area contributed by atoms with Gasteiger partial charge in [0, 0.05) is 16.7 Å². The maximum Gasteiger partial charge on any atom is 0.185 e. The van der Waals surface area contributed by atoms with Crippen molar-refractivity contribution in [3.63, 3.8) is 0 Å². The van der Waals surface area contributed by atoms with E-state index in [0.717, 1.165) is 77.0 Å². The number of hydrogen-bond donors (Lipinski definition) is 0. The summed E-state index contributed by atoms with van der Waals surface area (Å²) in [5.74, 6) is -0.0256. The normalized spacial score (nSPS) is 16.1. The van der Waals surface area contributed by atoms with Crippen molar-refractivity contribution in [3.05, 3.63) is 116 Å². The highest BCUT2D eigenvalue weighted by Crippen LogP contribution is 2.22. The van der Waals surface area contributed by atoms with E-state index >= 15 is 0 Å². The smallest absolute Gasteiger partial charge is 0.185 e. The molecule has 0 saturated heterocycles. The van der Waals surface area contributed by atoms with Crippen molar-refractivity contribution >= 4 is 11.6 Å². The minimum absolute atomic E-state index is 0.00947. The molecule has 2 nitrogen and oxygen atoms in total. The third kappa shape index (κ3) is 21.1. The summed E-state index contributed by atoms with van der Waals surface area (Å²) >= 11 is 0. The number of ketones is 2. The lowest BCUT2D eigenvalue weighted by Crippen LogP contribution is -2.16. The van der Waals surface area contributed by atoms with Crippen LogP contribution in [0.1, 0.15) is 172 Å². The van der Waals surface area contributed by atoms with Gasteiger partial charge in [-0.25, -0.2) is 0 Å². The molecule has 0 N–H and O–H groups in total. The van der Waals surface area contributed by atoms with Crippen molar-refractivity contribution in [2.24, 2.45) is 0 Å². The van der Waals surface area contributed by atoms with E-state index < -0.39 is 0 Å². The minimum Gasteiger partial charge on any atom is -0.290 e. The Labute approximate surface area is 308 Å². The summed E-state index contributed by atoms with van der Waals surface area (Å²) in [5.41, 5.74) is 13.4. The zero-order chi connectivity index (χ0) is 37.5. The van der Waals surface area contributed by atoms with Gasteiger partial charge in [-0.2, -0.15) is 0 Å². The van der Waals surface area contributed by atoms with Crippen molar-refractivity contribution in [1.82, 2.24) is 0 Å². The van der Waals surface area contributed by atoms with Crippen molar-refractivity contribution in [2.45, 2.75) is 172 Å². The first-order chi connectivity index (χ1) is 23.7. The quantitative estimate of drug-likeness (QED) is 0.0795. The third-order valence-electron chi connectivity index (χ3n) is 9.82. The molecule has 0 atom stereocenters. The van der Waals surface area contributed by atoms with Crippen LogP contribution in [0.3, 0.4) is 0 Å². The molecule has 0 fully saturated rings. The average molecular weight is 681 g/mol. The summed E-state index contributed by atoms with van der Waals surface area (Å²) in [7, 11) is 0. The van der Waals surface area contributed by atoms with Gasteiger partial charge in [0.1, 0.15) is 0 Å². The van der Waals surface area contributed by atoms with Crippen LogP contribution < -0.4 is 0 Å². The SMILES string of the molecule is CC(C)=CCCC(C)=CCCC(C)=CCCC(C)=CCCC(C)=CCCC(C)=CCCC(C)=CCCC(C)=CCC1=CC(=O)C(C)=C(C)C1=O. The maximum atomic E-state index is 12.5. The first-order valence-electron chi connectivity index (χ1n) is 19.4. The van der Waals surface area contributed by atoms with Crippen LogP contribution in [-0.2, 0) is 9.59 Å². The first-order valence-corrected chi connectivity index (χ1v) is 19.4. The maximum absolute atomic E-state index is 12.5. The molecular formula is C48H72O2. The summed E-state index contributed by atoms with van der Waals surface area (Å²) < 4.78 is 0. The number of Topliss-reactive ketones (excluding diaryl/α,β-unsaturated/α-hetero) is 1. The van der Waals surface area contributed by atoms with Crippen molar-refractivity contribution in [2.75, 3.05) is 0 Å². The summed E-state index contributed by atoms with van der Waals surface area (Å²) in [6.07, 6.45) is 36.7. The molecule has 0 aromatic heterocycles. The third-order valence-corrected chi connectivity index (χ3v) is 9.82. The Morgan fingerprint density at radius 2 is 0.700 bits per heavy atom. The highest BCUT2D eigenvalue weighted by molar-refractivity contribution is 6.22. The van der Waals surface area contributed by atoms with Crippen molar-refractivity contribution < 1.29 is 9.59 Å².